The number of halogens is 2. The van der Waals surface area contributed by atoms with Gasteiger partial charge in [0.05, 0.1) is 17.8 Å². The summed E-state index contributed by atoms with van der Waals surface area (Å²) in [7, 11) is -1.07. The number of rotatable bonds is 5. The van der Waals surface area contributed by atoms with Crippen molar-refractivity contribution >= 4 is 44.8 Å². The molecule has 1 amide bonds. The second-order valence-corrected chi connectivity index (χ2v) is 7.35. The Morgan fingerprint density at radius 3 is 2.46 bits per heavy atom. The summed E-state index contributed by atoms with van der Waals surface area (Å²) in [5, 5.41) is 3.06. The Labute approximate surface area is 149 Å². The molecule has 9 heteroatoms. The first-order valence-corrected chi connectivity index (χ1v) is 8.90. The normalized spacial score (nSPS) is 11.2. The zero-order valence-electron chi connectivity index (χ0n) is 12.8. The third-order valence-corrected chi connectivity index (χ3v) is 5.29. The zero-order valence-corrected chi connectivity index (χ0v) is 15.1. The summed E-state index contributed by atoms with van der Waals surface area (Å²) < 4.78 is 31.2. The van der Waals surface area contributed by atoms with E-state index in [2.05, 4.69) is 10.0 Å². The molecule has 0 fully saturated rings. The van der Waals surface area contributed by atoms with Crippen molar-refractivity contribution in [3.05, 3.63) is 52.0 Å². The minimum atomic E-state index is -3.79. The molecule has 0 spiro atoms. The first-order valence-electron chi connectivity index (χ1n) is 6.66. The summed E-state index contributed by atoms with van der Waals surface area (Å²) in [5.41, 5.74) is 0.484. The molecule has 6 nitrogen and oxygen atoms in total. The molecule has 0 bridgehead atoms. The smallest absolute Gasteiger partial charge is 0.255 e. The van der Waals surface area contributed by atoms with Crippen LogP contribution in [0, 0.1) is 0 Å². The minimum absolute atomic E-state index is 0.0150. The van der Waals surface area contributed by atoms with Crippen LogP contribution in [-0.4, -0.2) is 28.5 Å². The van der Waals surface area contributed by atoms with Gasteiger partial charge in [-0.3, -0.25) is 4.79 Å². The van der Waals surface area contributed by atoms with Crippen molar-refractivity contribution in [2.45, 2.75) is 4.90 Å². The number of amides is 1. The Morgan fingerprint density at radius 1 is 1.12 bits per heavy atom. The van der Waals surface area contributed by atoms with Crippen molar-refractivity contribution in [1.82, 2.24) is 4.72 Å². The fourth-order valence-electron chi connectivity index (χ4n) is 1.93. The second-order valence-electron chi connectivity index (χ2n) is 4.65. The van der Waals surface area contributed by atoms with Crippen molar-refractivity contribution in [2.75, 3.05) is 19.5 Å². The fraction of sp³-hybridized carbons (Fsp3) is 0.133. The van der Waals surface area contributed by atoms with Crippen LogP contribution >= 0.6 is 23.2 Å². The molecule has 0 aliphatic carbocycles. The average Bonchev–Trinajstić information content (AvgIpc) is 2.55. The van der Waals surface area contributed by atoms with Crippen molar-refractivity contribution < 1.29 is 17.9 Å². The van der Waals surface area contributed by atoms with Gasteiger partial charge in [-0.25, -0.2) is 13.1 Å². The van der Waals surface area contributed by atoms with Crippen LogP contribution < -0.4 is 14.8 Å². The lowest BCUT2D eigenvalue weighted by Gasteiger charge is -2.12. The van der Waals surface area contributed by atoms with Crippen molar-refractivity contribution in [3.63, 3.8) is 0 Å². The highest BCUT2D eigenvalue weighted by Crippen LogP contribution is 2.29. The van der Waals surface area contributed by atoms with Gasteiger partial charge in [0, 0.05) is 10.6 Å². The summed E-state index contributed by atoms with van der Waals surface area (Å²) in [6.07, 6.45) is 0. The van der Waals surface area contributed by atoms with Crippen LogP contribution in [0.5, 0.6) is 5.75 Å². The SMILES string of the molecule is CNS(=O)(=O)c1cc(C(=O)Nc2cc(Cl)ccc2OC)ccc1Cl. The number of methoxy groups -OCH3 is 1. The molecule has 0 unspecified atom stereocenters. The number of hydrogen-bond acceptors (Lipinski definition) is 4. The molecule has 0 atom stereocenters. The molecule has 2 aromatic carbocycles. The van der Waals surface area contributed by atoms with Gasteiger partial charge in [0.2, 0.25) is 10.0 Å². The maximum absolute atomic E-state index is 12.4. The molecule has 128 valence electrons. The lowest BCUT2D eigenvalue weighted by molar-refractivity contribution is 0.102. The van der Waals surface area contributed by atoms with Crippen LogP contribution in [0.1, 0.15) is 10.4 Å². The van der Waals surface area contributed by atoms with Crippen LogP contribution in [-0.2, 0) is 10.0 Å². The number of carbonyl (C=O) groups excluding carboxylic acids is 1. The number of benzene rings is 2. The van der Waals surface area contributed by atoms with Crippen molar-refractivity contribution in [3.8, 4) is 5.75 Å². The van der Waals surface area contributed by atoms with Gasteiger partial charge in [-0.1, -0.05) is 23.2 Å². The van der Waals surface area contributed by atoms with E-state index in [4.69, 9.17) is 27.9 Å². The Balaban J connectivity index is 2.38. The van der Waals surface area contributed by atoms with E-state index in [1.54, 1.807) is 12.1 Å². The number of ether oxygens (including phenoxy) is 1. The molecule has 0 saturated carbocycles. The summed E-state index contributed by atoms with van der Waals surface area (Å²) >= 11 is 11.8. The first-order chi connectivity index (χ1) is 11.3. The van der Waals surface area contributed by atoms with Gasteiger partial charge in [-0.05, 0) is 43.4 Å². The van der Waals surface area contributed by atoms with Crippen LogP contribution in [0.2, 0.25) is 10.0 Å². The van der Waals surface area contributed by atoms with Crippen molar-refractivity contribution in [2.24, 2.45) is 0 Å². The molecule has 24 heavy (non-hydrogen) atoms. The molecular formula is C15H14Cl2N2O4S. The van der Waals surface area contributed by atoms with Gasteiger partial charge in [0.1, 0.15) is 10.6 Å². The molecule has 0 heterocycles. The van der Waals surface area contributed by atoms with Crippen LogP contribution in [0.3, 0.4) is 0 Å². The predicted octanol–water partition coefficient (Wildman–Crippen LogP) is 3.16. The summed E-state index contributed by atoms with van der Waals surface area (Å²) in [6.45, 7) is 0. The van der Waals surface area contributed by atoms with Gasteiger partial charge in [-0.2, -0.15) is 0 Å². The van der Waals surface area contributed by atoms with Crippen LogP contribution in [0.15, 0.2) is 41.3 Å². The molecule has 2 rings (SSSR count). The molecule has 0 aromatic heterocycles. The molecule has 0 radical (unpaired) electrons. The number of carbonyl (C=O) groups is 1. The number of anilines is 1. The highest BCUT2D eigenvalue weighted by molar-refractivity contribution is 7.89. The average molecular weight is 389 g/mol. The van der Waals surface area contributed by atoms with Gasteiger partial charge in [-0.15, -0.1) is 0 Å². The van der Waals surface area contributed by atoms with Crippen molar-refractivity contribution in [1.29, 1.82) is 0 Å². The largest absolute Gasteiger partial charge is 0.495 e. The third kappa shape index (κ3) is 3.99. The fourth-order valence-corrected chi connectivity index (χ4v) is 3.35. The summed E-state index contributed by atoms with van der Waals surface area (Å²) in [4.78, 5) is 12.2. The van der Waals surface area contributed by atoms with E-state index in [0.717, 1.165) is 0 Å². The molecule has 0 aliphatic rings. The lowest BCUT2D eigenvalue weighted by Crippen LogP contribution is -2.20. The highest BCUT2D eigenvalue weighted by Gasteiger charge is 2.19. The zero-order chi connectivity index (χ0) is 17.9. The summed E-state index contributed by atoms with van der Waals surface area (Å²) in [5.74, 6) is -0.107. The first kappa shape index (κ1) is 18.5. The quantitative estimate of drug-likeness (QED) is 0.823. The maximum atomic E-state index is 12.4. The van der Waals surface area contributed by atoms with Gasteiger partial charge in [0.25, 0.3) is 5.91 Å². The third-order valence-electron chi connectivity index (χ3n) is 3.16. The molecule has 2 N–H and O–H groups in total. The molecular weight excluding hydrogens is 375 g/mol. The van der Waals surface area contributed by atoms with Crippen LogP contribution in [0.4, 0.5) is 5.69 Å². The Morgan fingerprint density at radius 2 is 1.83 bits per heavy atom. The van der Waals surface area contributed by atoms with E-state index >= 15 is 0 Å². The van der Waals surface area contributed by atoms with E-state index in [1.807, 2.05) is 0 Å². The lowest BCUT2D eigenvalue weighted by atomic mass is 10.2. The maximum Gasteiger partial charge on any atom is 0.255 e. The molecule has 2 aromatic rings. The predicted molar refractivity (Wildman–Crippen MR) is 93.7 cm³/mol. The monoisotopic (exact) mass is 388 g/mol. The second kappa shape index (κ2) is 7.40. The van der Waals surface area contributed by atoms with E-state index in [9.17, 15) is 13.2 Å². The van der Waals surface area contributed by atoms with Crippen LogP contribution in [0.25, 0.3) is 0 Å². The Bertz CT molecular complexity index is 885. The van der Waals surface area contributed by atoms with E-state index in [0.29, 0.717) is 16.5 Å². The molecule has 0 aliphatic heterocycles. The number of nitrogens with one attached hydrogen (secondary N) is 2. The topological polar surface area (TPSA) is 84.5 Å². The Hall–Kier alpha value is -1.80. The van der Waals surface area contributed by atoms with E-state index < -0.39 is 15.9 Å². The Kier molecular flexibility index (Phi) is 5.71. The number of sulfonamides is 1. The molecule has 0 saturated heterocycles. The van der Waals surface area contributed by atoms with Gasteiger partial charge >= 0.3 is 0 Å². The van der Waals surface area contributed by atoms with E-state index in [1.165, 1.54) is 38.4 Å². The minimum Gasteiger partial charge on any atom is -0.495 e. The van der Waals surface area contributed by atoms with E-state index in [-0.39, 0.29) is 15.5 Å². The van der Waals surface area contributed by atoms with Gasteiger partial charge < -0.3 is 10.1 Å². The highest BCUT2D eigenvalue weighted by atomic mass is 35.5. The summed E-state index contributed by atoms with van der Waals surface area (Å²) in [6, 6.07) is 8.71. The van der Waals surface area contributed by atoms with Gasteiger partial charge in [0.15, 0.2) is 0 Å². The standard InChI is InChI=1S/C15H14Cl2N2O4S/c1-18-24(21,22)14-7-9(3-5-11(14)17)15(20)19-12-8-10(16)4-6-13(12)23-2/h3-8,18H,1-2H3,(H,19,20). The number of hydrogen-bond donors (Lipinski definition) is 2.